The van der Waals surface area contributed by atoms with E-state index in [4.69, 9.17) is 0 Å². The van der Waals surface area contributed by atoms with Gasteiger partial charge in [-0.1, -0.05) is 15.9 Å². The average molecular weight is 375 g/mol. The lowest BCUT2D eigenvalue weighted by atomic mass is 10.2. The van der Waals surface area contributed by atoms with Crippen LogP contribution in [0.25, 0.3) is 0 Å². The van der Waals surface area contributed by atoms with E-state index in [-0.39, 0.29) is 11.8 Å². The molecule has 0 unspecified atom stereocenters. The summed E-state index contributed by atoms with van der Waals surface area (Å²) >= 11 is 3.39. The van der Waals surface area contributed by atoms with Gasteiger partial charge in [-0.2, -0.15) is 0 Å². The van der Waals surface area contributed by atoms with Gasteiger partial charge >= 0.3 is 0 Å². The van der Waals surface area contributed by atoms with Gasteiger partial charge in [-0.05, 0) is 42.8 Å². The minimum absolute atomic E-state index is 0.0930. The maximum Gasteiger partial charge on any atom is 0.247 e. The van der Waals surface area contributed by atoms with Crippen LogP contribution >= 0.6 is 15.9 Å². The summed E-state index contributed by atoms with van der Waals surface area (Å²) < 4.78 is 0.981. The third kappa shape index (κ3) is 3.87. The molecular formula is C16H15BrN4O2. The monoisotopic (exact) mass is 374 g/mol. The van der Waals surface area contributed by atoms with Crippen molar-refractivity contribution >= 4 is 44.9 Å². The van der Waals surface area contributed by atoms with E-state index in [1.807, 2.05) is 24.3 Å². The lowest BCUT2D eigenvalue weighted by molar-refractivity contribution is -0.122. The molecule has 1 aliphatic rings. The molecule has 1 fully saturated rings. The van der Waals surface area contributed by atoms with Crippen molar-refractivity contribution in [3.05, 3.63) is 47.1 Å². The van der Waals surface area contributed by atoms with Crippen LogP contribution < -0.4 is 16.0 Å². The third-order valence-electron chi connectivity index (χ3n) is 3.48. The standard InChI is InChI=1S/C16H15BrN4O2/c17-10-3-5-11(6-4-10)19-15-12(2-1-9-18-15)21-16(23)13-7-8-14(22)20-13/h1-6,9,13H,7-8H2,(H,18,19)(H,20,22)(H,21,23)/t13-/m1/s1. The Hall–Kier alpha value is -2.41. The lowest BCUT2D eigenvalue weighted by Gasteiger charge is -2.14. The molecule has 0 bridgehead atoms. The Bertz CT molecular complexity index is 733. The minimum Gasteiger partial charge on any atom is -0.344 e. The van der Waals surface area contributed by atoms with Gasteiger partial charge in [-0.25, -0.2) is 4.98 Å². The van der Waals surface area contributed by atoms with Crippen LogP contribution in [0.15, 0.2) is 47.1 Å². The van der Waals surface area contributed by atoms with Crippen molar-refractivity contribution in [2.45, 2.75) is 18.9 Å². The summed E-state index contributed by atoms with van der Waals surface area (Å²) in [4.78, 5) is 27.7. The molecule has 2 heterocycles. The number of carbonyl (C=O) groups is 2. The van der Waals surface area contributed by atoms with E-state index >= 15 is 0 Å². The molecule has 2 aromatic rings. The van der Waals surface area contributed by atoms with E-state index in [0.717, 1.165) is 10.2 Å². The van der Waals surface area contributed by atoms with Gasteiger partial charge in [0.15, 0.2) is 5.82 Å². The Balaban J connectivity index is 1.74. The first-order chi connectivity index (χ1) is 11.1. The van der Waals surface area contributed by atoms with Gasteiger partial charge in [0, 0.05) is 22.8 Å². The Morgan fingerprint density at radius 3 is 2.74 bits per heavy atom. The van der Waals surface area contributed by atoms with Crippen molar-refractivity contribution in [2.75, 3.05) is 10.6 Å². The van der Waals surface area contributed by atoms with Gasteiger partial charge in [0.1, 0.15) is 6.04 Å². The molecule has 0 saturated carbocycles. The molecule has 0 radical (unpaired) electrons. The highest BCUT2D eigenvalue weighted by atomic mass is 79.9. The molecule has 1 atom stereocenters. The molecule has 1 aliphatic heterocycles. The topological polar surface area (TPSA) is 83.1 Å². The van der Waals surface area contributed by atoms with Gasteiger partial charge in [-0.3, -0.25) is 9.59 Å². The van der Waals surface area contributed by atoms with Gasteiger partial charge in [0.2, 0.25) is 11.8 Å². The van der Waals surface area contributed by atoms with Crippen LogP contribution in [-0.2, 0) is 9.59 Å². The second kappa shape index (κ2) is 6.78. The minimum atomic E-state index is -0.483. The summed E-state index contributed by atoms with van der Waals surface area (Å²) in [6.45, 7) is 0. The van der Waals surface area contributed by atoms with E-state index in [0.29, 0.717) is 24.3 Å². The van der Waals surface area contributed by atoms with Crippen LogP contribution in [0, 0.1) is 0 Å². The summed E-state index contributed by atoms with van der Waals surface area (Å²) in [6.07, 6.45) is 2.55. The van der Waals surface area contributed by atoms with Crippen molar-refractivity contribution in [3.8, 4) is 0 Å². The summed E-state index contributed by atoms with van der Waals surface area (Å²) in [7, 11) is 0. The molecule has 6 nitrogen and oxygen atoms in total. The Morgan fingerprint density at radius 2 is 2.04 bits per heavy atom. The fourth-order valence-corrected chi connectivity index (χ4v) is 2.57. The van der Waals surface area contributed by atoms with E-state index in [2.05, 4.69) is 36.9 Å². The summed E-state index contributed by atoms with van der Waals surface area (Å²) in [5.41, 5.74) is 1.43. The van der Waals surface area contributed by atoms with E-state index in [1.54, 1.807) is 18.3 Å². The Labute approximate surface area is 141 Å². The maximum atomic E-state index is 12.2. The first kappa shape index (κ1) is 15.5. The van der Waals surface area contributed by atoms with Crippen LogP contribution in [0.2, 0.25) is 0 Å². The van der Waals surface area contributed by atoms with Crippen LogP contribution in [0.5, 0.6) is 0 Å². The zero-order chi connectivity index (χ0) is 16.2. The highest BCUT2D eigenvalue weighted by Crippen LogP contribution is 2.24. The number of amides is 2. The normalized spacial score (nSPS) is 16.7. The van der Waals surface area contributed by atoms with Gasteiger partial charge < -0.3 is 16.0 Å². The molecule has 2 amide bonds. The summed E-state index contributed by atoms with van der Waals surface area (Å²) in [5, 5.41) is 8.64. The Morgan fingerprint density at radius 1 is 1.26 bits per heavy atom. The third-order valence-corrected chi connectivity index (χ3v) is 4.01. The number of hydrogen-bond donors (Lipinski definition) is 3. The molecule has 23 heavy (non-hydrogen) atoms. The number of nitrogens with zero attached hydrogens (tertiary/aromatic N) is 1. The quantitative estimate of drug-likeness (QED) is 0.768. The Kier molecular flexibility index (Phi) is 4.57. The number of anilines is 3. The summed E-state index contributed by atoms with van der Waals surface area (Å²) in [5.74, 6) is 0.222. The van der Waals surface area contributed by atoms with E-state index in [9.17, 15) is 9.59 Å². The van der Waals surface area contributed by atoms with Gasteiger partial charge in [0.25, 0.3) is 0 Å². The number of aromatic nitrogens is 1. The number of benzene rings is 1. The molecule has 0 aliphatic carbocycles. The maximum absolute atomic E-state index is 12.2. The van der Waals surface area contributed by atoms with Crippen molar-refractivity contribution in [3.63, 3.8) is 0 Å². The predicted octanol–water partition coefficient (Wildman–Crippen LogP) is 2.80. The molecule has 118 valence electrons. The average Bonchev–Trinajstić information content (AvgIpc) is 2.98. The van der Waals surface area contributed by atoms with Crippen LogP contribution in [-0.4, -0.2) is 22.8 Å². The molecule has 7 heteroatoms. The smallest absolute Gasteiger partial charge is 0.247 e. The summed E-state index contributed by atoms with van der Waals surface area (Å²) in [6, 6.07) is 10.7. The molecule has 3 rings (SSSR count). The predicted molar refractivity (Wildman–Crippen MR) is 91.5 cm³/mol. The fourth-order valence-electron chi connectivity index (χ4n) is 2.31. The zero-order valence-electron chi connectivity index (χ0n) is 12.2. The lowest BCUT2D eigenvalue weighted by Crippen LogP contribution is -2.37. The molecule has 1 aromatic heterocycles. The van der Waals surface area contributed by atoms with Crippen molar-refractivity contribution in [2.24, 2.45) is 0 Å². The van der Waals surface area contributed by atoms with Crippen LogP contribution in [0.3, 0.4) is 0 Å². The first-order valence-electron chi connectivity index (χ1n) is 7.19. The van der Waals surface area contributed by atoms with Crippen molar-refractivity contribution in [1.29, 1.82) is 0 Å². The largest absolute Gasteiger partial charge is 0.344 e. The number of pyridine rings is 1. The van der Waals surface area contributed by atoms with Crippen LogP contribution in [0.1, 0.15) is 12.8 Å². The first-order valence-corrected chi connectivity index (χ1v) is 7.99. The number of rotatable bonds is 4. The van der Waals surface area contributed by atoms with E-state index < -0.39 is 6.04 Å². The zero-order valence-corrected chi connectivity index (χ0v) is 13.8. The number of carbonyl (C=O) groups excluding carboxylic acids is 2. The number of nitrogens with one attached hydrogen (secondary N) is 3. The number of hydrogen-bond acceptors (Lipinski definition) is 4. The van der Waals surface area contributed by atoms with E-state index in [1.165, 1.54) is 0 Å². The highest BCUT2D eigenvalue weighted by Gasteiger charge is 2.27. The molecule has 0 spiro atoms. The van der Waals surface area contributed by atoms with Gasteiger partial charge in [-0.15, -0.1) is 0 Å². The molecular weight excluding hydrogens is 360 g/mol. The second-order valence-corrected chi connectivity index (χ2v) is 6.10. The SMILES string of the molecule is O=C1CC[C@H](C(=O)Nc2cccnc2Nc2ccc(Br)cc2)N1. The number of halogens is 1. The molecule has 3 N–H and O–H groups in total. The van der Waals surface area contributed by atoms with Crippen molar-refractivity contribution < 1.29 is 9.59 Å². The molecule has 1 saturated heterocycles. The van der Waals surface area contributed by atoms with Gasteiger partial charge in [0.05, 0.1) is 5.69 Å². The van der Waals surface area contributed by atoms with Crippen molar-refractivity contribution in [1.82, 2.24) is 10.3 Å². The highest BCUT2D eigenvalue weighted by molar-refractivity contribution is 9.10. The second-order valence-electron chi connectivity index (χ2n) is 5.18. The van der Waals surface area contributed by atoms with Crippen LogP contribution in [0.4, 0.5) is 17.2 Å². The molecule has 1 aromatic carbocycles. The fraction of sp³-hybridized carbons (Fsp3) is 0.188.